The first-order chi connectivity index (χ1) is 15.1. The molecule has 0 bridgehead atoms. The Balaban J connectivity index is 1.91. The Morgan fingerprint density at radius 1 is 0.613 bits per heavy atom. The van der Waals surface area contributed by atoms with Gasteiger partial charge in [0.15, 0.2) is 0 Å². The molecule has 0 amide bonds. The molecule has 0 aliphatic rings. The average molecular weight is 406 g/mol. The zero-order chi connectivity index (χ0) is 21.5. The molecule has 0 aliphatic heterocycles. The summed E-state index contributed by atoms with van der Waals surface area (Å²) in [6.45, 7) is 0. The Bertz CT molecular complexity index is 1490. The lowest BCUT2D eigenvalue weighted by Gasteiger charge is -2.20. The first kappa shape index (κ1) is 18.8. The van der Waals surface area contributed by atoms with Crippen LogP contribution in [0.5, 0.6) is 0 Å². The van der Waals surface area contributed by atoms with E-state index >= 15 is 0 Å². The van der Waals surface area contributed by atoms with E-state index < -0.39 is 17.9 Å². The zero-order valence-corrected chi connectivity index (χ0v) is 16.4. The van der Waals surface area contributed by atoms with E-state index in [1.165, 1.54) is 0 Å². The molecule has 2 N–H and O–H groups in total. The molecule has 4 nitrogen and oxygen atoms in total. The van der Waals surface area contributed by atoms with Gasteiger partial charge in [-0.1, -0.05) is 84.9 Å². The molecule has 0 fully saturated rings. The van der Waals surface area contributed by atoms with Crippen LogP contribution >= 0.6 is 0 Å². The standard InChI is InChI=1S/C27H18O4/c28-26(29)24(21-13-5-9-16-7-1-3-11-19(16)21)22-14-6-10-18-15-17-8-2-4-12-20(17)25(23(18)22)27(30)31/h1-15,24H,(H,28,29)(H,30,31). The molecule has 0 radical (unpaired) electrons. The minimum absolute atomic E-state index is 0.134. The van der Waals surface area contributed by atoms with Crippen LogP contribution in [-0.2, 0) is 4.79 Å². The fourth-order valence-corrected chi connectivity index (χ4v) is 4.55. The van der Waals surface area contributed by atoms with Crippen molar-refractivity contribution in [3.63, 3.8) is 0 Å². The first-order valence-electron chi connectivity index (χ1n) is 9.94. The van der Waals surface area contributed by atoms with Crippen molar-refractivity contribution >= 4 is 44.3 Å². The highest BCUT2D eigenvalue weighted by atomic mass is 16.4. The predicted octanol–water partition coefficient (Wildman–Crippen LogP) is 6.06. The van der Waals surface area contributed by atoms with E-state index in [2.05, 4.69) is 0 Å². The number of fused-ring (bicyclic) bond motifs is 3. The van der Waals surface area contributed by atoms with Crippen molar-refractivity contribution in [3.05, 3.63) is 108 Å². The molecule has 0 aromatic heterocycles. The second-order valence-electron chi connectivity index (χ2n) is 7.56. The largest absolute Gasteiger partial charge is 0.481 e. The van der Waals surface area contributed by atoms with Crippen LogP contribution in [0.15, 0.2) is 91.0 Å². The summed E-state index contributed by atoms with van der Waals surface area (Å²) >= 11 is 0. The molecule has 0 saturated carbocycles. The summed E-state index contributed by atoms with van der Waals surface area (Å²) in [5.74, 6) is -3.10. The lowest BCUT2D eigenvalue weighted by Crippen LogP contribution is -2.15. The molecule has 4 heteroatoms. The maximum absolute atomic E-state index is 12.6. The van der Waals surface area contributed by atoms with Gasteiger partial charge < -0.3 is 10.2 Å². The van der Waals surface area contributed by atoms with Crippen LogP contribution in [0.3, 0.4) is 0 Å². The third-order valence-corrected chi connectivity index (χ3v) is 5.83. The highest BCUT2D eigenvalue weighted by Gasteiger charge is 2.28. The lowest BCUT2D eigenvalue weighted by atomic mass is 9.83. The van der Waals surface area contributed by atoms with Gasteiger partial charge in [-0.3, -0.25) is 4.79 Å². The SMILES string of the molecule is O=C(O)c1c2ccccc2cc2cccc(C(C(=O)O)c3cccc4ccccc34)c12. The van der Waals surface area contributed by atoms with Gasteiger partial charge in [-0.25, -0.2) is 4.79 Å². The highest BCUT2D eigenvalue weighted by Crippen LogP contribution is 2.38. The summed E-state index contributed by atoms with van der Waals surface area (Å²) in [7, 11) is 0. The summed E-state index contributed by atoms with van der Waals surface area (Å²) in [5.41, 5.74) is 1.25. The Morgan fingerprint density at radius 3 is 1.90 bits per heavy atom. The van der Waals surface area contributed by atoms with Gasteiger partial charge in [0.1, 0.15) is 5.92 Å². The van der Waals surface area contributed by atoms with Gasteiger partial charge in [-0.05, 0) is 44.1 Å². The number of hydrogen-bond acceptors (Lipinski definition) is 2. The van der Waals surface area contributed by atoms with Crippen molar-refractivity contribution < 1.29 is 19.8 Å². The van der Waals surface area contributed by atoms with Gasteiger partial charge in [-0.15, -0.1) is 0 Å². The summed E-state index contributed by atoms with van der Waals surface area (Å²) in [6.07, 6.45) is 0. The van der Waals surface area contributed by atoms with Crippen LogP contribution < -0.4 is 0 Å². The molecule has 5 aromatic carbocycles. The van der Waals surface area contributed by atoms with Crippen molar-refractivity contribution in [2.24, 2.45) is 0 Å². The van der Waals surface area contributed by atoms with Crippen LogP contribution in [0.25, 0.3) is 32.3 Å². The van der Waals surface area contributed by atoms with Gasteiger partial charge in [-0.2, -0.15) is 0 Å². The van der Waals surface area contributed by atoms with Crippen LogP contribution in [0, 0.1) is 0 Å². The van der Waals surface area contributed by atoms with Gasteiger partial charge in [0.05, 0.1) is 5.56 Å². The van der Waals surface area contributed by atoms with Crippen LogP contribution in [-0.4, -0.2) is 22.2 Å². The Labute approximate surface area is 178 Å². The van der Waals surface area contributed by atoms with Crippen LogP contribution in [0.4, 0.5) is 0 Å². The molecule has 0 aliphatic carbocycles. The second kappa shape index (κ2) is 7.26. The minimum atomic E-state index is -1.07. The Morgan fingerprint density at radius 2 is 1.19 bits per heavy atom. The number of carboxylic acids is 2. The summed E-state index contributed by atoms with van der Waals surface area (Å²) in [5, 5.41) is 24.8. The van der Waals surface area contributed by atoms with Crippen LogP contribution in [0.1, 0.15) is 27.4 Å². The number of rotatable bonds is 4. The van der Waals surface area contributed by atoms with Gasteiger partial charge in [0.2, 0.25) is 0 Å². The number of aromatic carboxylic acids is 1. The first-order valence-corrected chi connectivity index (χ1v) is 9.94. The van der Waals surface area contributed by atoms with Gasteiger partial charge in [0, 0.05) is 5.39 Å². The zero-order valence-electron chi connectivity index (χ0n) is 16.4. The van der Waals surface area contributed by atoms with E-state index in [0.29, 0.717) is 27.3 Å². The normalized spacial score (nSPS) is 12.3. The third kappa shape index (κ3) is 3.01. The van der Waals surface area contributed by atoms with Gasteiger partial charge >= 0.3 is 11.9 Å². The van der Waals surface area contributed by atoms with E-state index in [9.17, 15) is 19.8 Å². The van der Waals surface area contributed by atoms with Gasteiger partial charge in [0.25, 0.3) is 0 Å². The van der Waals surface area contributed by atoms with E-state index in [-0.39, 0.29) is 5.56 Å². The summed E-state index contributed by atoms with van der Waals surface area (Å²) in [4.78, 5) is 25.0. The maximum atomic E-state index is 12.6. The quantitative estimate of drug-likeness (QED) is 0.356. The second-order valence-corrected chi connectivity index (χ2v) is 7.56. The van der Waals surface area contributed by atoms with Crippen molar-refractivity contribution in [1.29, 1.82) is 0 Å². The molecule has 0 saturated heterocycles. The number of aliphatic carboxylic acids is 1. The molecule has 0 spiro atoms. The maximum Gasteiger partial charge on any atom is 0.336 e. The molecule has 1 atom stereocenters. The molecule has 150 valence electrons. The van der Waals surface area contributed by atoms with E-state index in [1.54, 1.807) is 30.3 Å². The third-order valence-electron chi connectivity index (χ3n) is 5.83. The van der Waals surface area contributed by atoms with E-state index in [1.807, 2.05) is 60.7 Å². The molecule has 5 rings (SSSR count). The highest BCUT2D eigenvalue weighted by molar-refractivity contribution is 6.17. The van der Waals surface area contributed by atoms with Crippen molar-refractivity contribution in [2.45, 2.75) is 5.92 Å². The van der Waals surface area contributed by atoms with Crippen LogP contribution in [0.2, 0.25) is 0 Å². The Kier molecular flexibility index (Phi) is 4.41. The fraction of sp³-hybridized carbons (Fsp3) is 0.0370. The molecule has 5 aromatic rings. The van der Waals surface area contributed by atoms with Crippen molar-refractivity contribution in [3.8, 4) is 0 Å². The lowest BCUT2D eigenvalue weighted by molar-refractivity contribution is -0.137. The topological polar surface area (TPSA) is 74.6 Å². The number of hydrogen-bond donors (Lipinski definition) is 2. The minimum Gasteiger partial charge on any atom is -0.481 e. The average Bonchev–Trinajstić information content (AvgIpc) is 2.77. The molecule has 1 unspecified atom stereocenters. The predicted molar refractivity (Wildman–Crippen MR) is 122 cm³/mol. The summed E-state index contributed by atoms with van der Waals surface area (Å²) < 4.78 is 0. The monoisotopic (exact) mass is 406 g/mol. The van der Waals surface area contributed by atoms with E-state index in [0.717, 1.165) is 16.2 Å². The summed E-state index contributed by atoms with van der Waals surface area (Å²) in [6, 6.07) is 27.8. The number of benzene rings is 5. The van der Waals surface area contributed by atoms with E-state index in [4.69, 9.17) is 0 Å². The molecule has 0 heterocycles. The molecule has 31 heavy (non-hydrogen) atoms. The van der Waals surface area contributed by atoms with Crippen molar-refractivity contribution in [1.82, 2.24) is 0 Å². The number of carboxylic acid groups (broad SMARTS) is 2. The smallest absolute Gasteiger partial charge is 0.336 e. The fourth-order valence-electron chi connectivity index (χ4n) is 4.55. The van der Waals surface area contributed by atoms with Crippen molar-refractivity contribution in [2.75, 3.05) is 0 Å². The Hall–Kier alpha value is -4.18. The molecular formula is C27H18O4. The molecular weight excluding hydrogens is 388 g/mol. The number of carbonyl (C=O) groups is 2.